The van der Waals surface area contributed by atoms with Crippen LogP contribution in [-0.2, 0) is 0 Å². The Hall–Kier alpha value is -2.95. The van der Waals surface area contributed by atoms with Crippen LogP contribution in [0.25, 0.3) is 23.4 Å². The molecule has 1 aromatic heterocycles. The highest BCUT2D eigenvalue weighted by molar-refractivity contribution is 5.69. The van der Waals surface area contributed by atoms with E-state index in [9.17, 15) is 8.78 Å². The van der Waals surface area contributed by atoms with Crippen LogP contribution in [-0.4, -0.2) is 16.6 Å². The van der Waals surface area contributed by atoms with Crippen molar-refractivity contribution in [3.63, 3.8) is 0 Å². The summed E-state index contributed by atoms with van der Waals surface area (Å²) < 4.78 is 32.1. The van der Waals surface area contributed by atoms with E-state index in [2.05, 4.69) is 9.97 Å². The number of nitrogens with one attached hydrogen (secondary N) is 1. The van der Waals surface area contributed by atoms with Gasteiger partial charge in [0.15, 0.2) is 0 Å². The van der Waals surface area contributed by atoms with Gasteiger partial charge in [-0.2, -0.15) is 0 Å². The van der Waals surface area contributed by atoms with Crippen molar-refractivity contribution in [1.82, 2.24) is 9.97 Å². The molecule has 3 nitrogen and oxygen atoms in total. The number of benzene rings is 2. The van der Waals surface area contributed by atoms with Gasteiger partial charge >= 0.3 is 0 Å². The summed E-state index contributed by atoms with van der Waals surface area (Å²) in [6, 6.07) is 11.1. The number of aromatic nitrogens is 2. The predicted molar refractivity (Wildman–Crippen MR) is 90.5 cm³/mol. The van der Waals surface area contributed by atoms with Crippen molar-refractivity contribution in [3.05, 3.63) is 71.7 Å². The molecule has 2 aromatic carbocycles. The van der Waals surface area contributed by atoms with Crippen LogP contribution < -0.4 is 4.74 Å². The number of H-pyrrole nitrogens is 1. The smallest absolute Gasteiger partial charge is 0.135 e. The summed E-state index contributed by atoms with van der Waals surface area (Å²) >= 11 is 0. The van der Waals surface area contributed by atoms with Crippen LogP contribution in [0, 0.1) is 11.6 Å². The highest BCUT2D eigenvalue weighted by Gasteiger charge is 2.09. The van der Waals surface area contributed by atoms with Crippen molar-refractivity contribution >= 4 is 12.2 Å². The molecule has 1 heterocycles. The van der Waals surface area contributed by atoms with Gasteiger partial charge < -0.3 is 9.72 Å². The number of aromatic amines is 1. The van der Waals surface area contributed by atoms with Crippen LogP contribution in [0.4, 0.5) is 8.78 Å². The highest BCUT2D eigenvalue weighted by atomic mass is 19.1. The molecular weight excluding hydrogens is 310 g/mol. The molecule has 1 N–H and O–H groups in total. The minimum atomic E-state index is -0.636. The Labute approximate surface area is 138 Å². The van der Waals surface area contributed by atoms with Crippen LogP contribution in [0.15, 0.2) is 48.7 Å². The first kappa shape index (κ1) is 15.9. The molecule has 0 aliphatic rings. The average Bonchev–Trinajstić information content (AvgIpc) is 3.03. The van der Waals surface area contributed by atoms with Gasteiger partial charge in [0.2, 0.25) is 0 Å². The molecule has 0 radical (unpaired) electrons. The summed E-state index contributed by atoms with van der Waals surface area (Å²) in [6.45, 7) is 2.57. The Kier molecular flexibility index (Phi) is 4.70. The number of rotatable bonds is 5. The van der Waals surface area contributed by atoms with Gasteiger partial charge in [-0.3, -0.25) is 0 Å². The third-order valence-electron chi connectivity index (χ3n) is 3.43. The summed E-state index contributed by atoms with van der Waals surface area (Å²) in [6.07, 6.45) is 5.27. The monoisotopic (exact) mass is 326 g/mol. The highest BCUT2D eigenvalue weighted by Crippen LogP contribution is 2.22. The fourth-order valence-corrected chi connectivity index (χ4v) is 2.27. The van der Waals surface area contributed by atoms with Crippen molar-refractivity contribution < 1.29 is 13.5 Å². The maximum Gasteiger partial charge on any atom is 0.135 e. The second-order valence-electron chi connectivity index (χ2n) is 5.13. The molecule has 0 aliphatic carbocycles. The van der Waals surface area contributed by atoms with Crippen LogP contribution >= 0.6 is 0 Å². The van der Waals surface area contributed by atoms with Gasteiger partial charge in [-0.05, 0) is 42.8 Å². The van der Waals surface area contributed by atoms with Crippen LogP contribution in [0.2, 0.25) is 0 Å². The summed E-state index contributed by atoms with van der Waals surface area (Å²) in [7, 11) is 0. The maximum atomic E-state index is 13.8. The van der Waals surface area contributed by atoms with Gasteiger partial charge in [0.05, 0.1) is 12.3 Å². The van der Waals surface area contributed by atoms with E-state index in [1.54, 1.807) is 12.3 Å². The van der Waals surface area contributed by atoms with Gasteiger partial charge in [-0.1, -0.05) is 18.2 Å². The Morgan fingerprint density at radius 3 is 2.58 bits per heavy atom. The Bertz CT molecular complexity index is 854. The average molecular weight is 326 g/mol. The molecule has 0 aliphatic heterocycles. The molecule has 0 saturated carbocycles. The van der Waals surface area contributed by atoms with Crippen molar-refractivity contribution in [2.45, 2.75) is 6.92 Å². The molecule has 0 saturated heterocycles. The van der Waals surface area contributed by atoms with E-state index in [0.717, 1.165) is 17.4 Å². The van der Waals surface area contributed by atoms with Gasteiger partial charge in [0.25, 0.3) is 0 Å². The zero-order valence-electron chi connectivity index (χ0n) is 13.1. The molecule has 0 fully saturated rings. The van der Waals surface area contributed by atoms with E-state index in [4.69, 9.17) is 4.74 Å². The lowest BCUT2D eigenvalue weighted by molar-refractivity contribution is 0.340. The molecule has 3 rings (SSSR count). The number of ether oxygens (including phenoxy) is 1. The third-order valence-corrected chi connectivity index (χ3v) is 3.43. The number of imidazole rings is 1. The fraction of sp³-hybridized carbons (Fsp3) is 0.105. The van der Waals surface area contributed by atoms with Crippen LogP contribution in [0.3, 0.4) is 0 Å². The summed E-state index contributed by atoms with van der Waals surface area (Å²) in [5, 5.41) is 0. The van der Waals surface area contributed by atoms with Crippen molar-refractivity contribution in [3.8, 4) is 17.0 Å². The van der Waals surface area contributed by atoms with Crippen molar-refractivity contribution in [2.24, 2.45) is 0 Å². The zero-order valence-corrected chi connectivity index (χ0v) is 13.1. The SMILES string of the molecule is CCOc1ccc(C=Cc2nc(-c3ccc(F)cc3F)c[nH]2)cc1. The molecule has 122 valence electrons. The molecule has 0 amide bonds. The number of nitrogens with zero attached hydrogens (tertiary/aromatic N) is 1. The minimum Gasteiger partial charge on any atom is -0.494 e. The third kappa shape index (κ3) is 3.68. The molecular formula is C19H16F2N2O. The molecule has 0 unspecified atom stereocenters. The van der Waals surface area contributed by atoms with E-state index in [1.165, 1.54) is 12.1 Å². The zero-order chi connectivity index (χ0) is 16.9. The minimum absolute atomic E-state index is 0.258. The standard InChI is InChI=1S/C19H16F2N2O/c1-2-24-15-7-3-13(4-8-15)5-10-19-22-12-18(23-19)16-9-6-14(20)11-17(16)21/h3-12H,2H2,1H3,(H,22,23). The van der Waals surface area contributed by atoms with E-state index < -0.39 is 11.6 Å². The first-order chi connectivity index (χ1) is 11.7. The Morgan fingerprint density at radius 1 is 1.08 bits per heavy atom. The van der Waals surface area contributed by atoms with Gasteiger partial charge in [0, 0.05) is 17.8 Å². The number of hydrogen-bond donors (Lipinski definition) is 1. The van der Waals surface area contributed by atoms with Crippen LogP contribution in [0.1, 0.15) is 18.3 Å². The van der Waals surface area contributed by atoms with E-state index in [-0.39, 0.29) is 5.56 Å². The van der Waals surface area contributed by atoms with E-state index >= 15 is 0 Å². The molecule has 0 atom stereocenters. The molecule has 3 aromatic rings. The van der Waals surface area contributed by atoms with Gasteiger partial charge in [0.1, 0.15) is 23.2 Å². The largest absolute Gasteiger partial charge is 0.494 e. The van der Waals surface area contributed by atoms with Crippen LogP contribution in [0.5, 0.6) is 5.75 Å². The van der Waals surface area contributed by atoms with E-state index in [0.29, 0.717) is 18.1 Å². The fourth-order valence-electron chi connectivity index (χ4n) is 2.27. The molecule has 0 bridgehead atoms. The molecule has 5 heteroatoms. The maximum absolute atomic E-state index is 13.8. The first-order valence-electron chi connectivity index (χ1n) is 7.57. The first-order valence-corrected chi connectivity index (χ1v) is 7.57. The molecule has 24 heavy (non-hydrogen) atoms. The lowest BCUT2D eigenvalue weighted by Gasteiger charge is -2.02. The second kappa shape index (κ2) is 7.08. The molecule has 0 spiro atoms. The van der Waals surface area contributed by atoms with E-state index in [1.807, 2.05) is 37.3 Å². The Balaban J connectivity index is 1.75. The summed E-state index contributed by atoms with van der Waals surface area (Å²) in [4.78, 5) is 7.27. The quantitative estimate of drug-likeness (QED) is 0.722. The van der Waals surface area contributed by atoms with Gasteiger partial charge in [-0.15, -0.1) is 0 Å². The second-order valence-corrected chi connectivity index (χ2v) is 5.13. The lowest BCUT2D eigenvalue weighted by atomic mass is 10.1. The predicted octanol–water partition coefficient (Wildman–Crippen LogP) is 4.92. The van der Waals surface area contributed by atoms with Gasteiger partial charge in [-0.25, -0.2) is 13.8 Å². The van der Waals surface area contributed by atoms with Crippen molar-refractivity contribution in [1.29, 1.82) is 0 Å². The summed E-state index contributed by atoms with van der Waals surface area (Å²) in [5.74, 6) is 0.162. The Morgan fingerprint density at radius 2 is 1.88 bits per heavy atom. The summed E-state index contributed by atoms with van der Waals surface area (Å²) in [5.41, 5.74) is 1.68. The lowest BCUT2D eigenvalue weighted by Crippen LogP contribution is -1.90. The topological polar surface area (TPSA) is 37.9 Å². The van der Waals surface area contributed by atoms with Crippen molar-refractivity contribution in [2.75, 3.05) is 6.61 Å². The number of halogens is 2. The number of hydrogen-bond acceptors (Lipinski definition) is 2. The normalized spacial score (nSPS) is 11.1.